The van der Waals surface area contributed by atoms with Crippen LogP contribution >= 0.6 is 0 Å². The van der Waals surface area contributed by atoms with E-state index in [0.717, 1.165) is 16.0 Å². The predicted octanol–water partition coefficient (Wildman–Crippen LogP) is 1.12. The van der Waals surface area contributed by atoms with Gasteiger partial charge in [-0.05, 0) is 38.2 Å². The number of likely N-dealkylation sites (N-methyl/N-ethyl adjacent to an activating group) is 1. The number of carbonyl (C=O) groups is 3. The SMILES string of the molecule is Cc1ccc(CCC2(C(=O)N(C)[C@H](C(=O)O)C(=O)NO)CC2)cc1. The van der Waals surface area contributed by atoms with Crippen LogP contribution in [-0.2, 0) is 20.8 Å². The van der Waals surface area contributed by atoms with Crippen molar-refractivity contribution in [2.75, 3.05) is 7.05 Å². The van der Waals surface area contributed by atoms with E-state index in [9.17, 15) is 14.4 Å². The quantitative estimate of drug-likeness (QED) is 0.394. The fourth-order valence-corrected chi connectivity index (χ4v) is 2.87. The number of nitrogens with zero attached hydrogens (tertiary/aromatic N) is 1. The highest BCUT2D eigenvalue weighted by Crippen LogP contribution is 2.51. The van der Waals surface area contributed by atoms with Crippen molar-refractivity contribution in [3.8, 4) is 0 Å². The average molecular weight is 334 g/mol. The first kappa shape index (κ1) is 17.9. The number of carboxylic acid groups (broad SMARTS) is 1. The Bertz CT molecular complexity index is 637. The molecule has 0 spiro atoms. The molecule has 24 heavy (non-hydrogen) atoms. The Balaban J connectivity index is 2.05. The van der Waals surface area contributed by atoms with Crippen molar-refractivity contribution in [3.63, 3.8) is 0 Å². The predicted molar refractivity (Wildman–Crippen MR) is 85.3 cm³/mol. The van der Waals surface area contributed by atoms with Gasteiger partial charge >= 0.3 is 5.97 Å². The third-order valence-electron chi connectivity index (χ3n) is 4.62. The lowest BCUT2D eigenvalue weighted by atomic mass is 9.94. The summed E-state index contributed by atoms with van der Waals surface area (Å²) in [6, 6.07) is 6.31. The molecule has 7 nitrogen and oxygen atoms in total. The van der Waals surface area contributed by atoms with Gasteiger partial charge in [0, 0.05) is 12.5 Å². The molecule has 0 saturated heterocycles. The lowest BCUT2D eigenvalue weighted by Crippen LogP contribution is -2.53. The second kappa shape index (κ2) is 7.00. The van der Waals surface area contributed by atoms with Crippen LogP contribution in [0.4, 0.5) is 0 Å². The monoisotopic (exact) mass is 334 g/mol. The van der Waals surface area contributed by atoms with Crippen LogP contribution in [0.5, 0.6) is 0 Å². The zero-order chi connectivity index (χ0) is 17.9. The number of aryl methyl sites for hydroxylation is 2. The van der Waals surface area contributed by atoms with Crippen LogP contribution < -0.4 is 5.48 Å². The first-order valence-electron chi connectivity index (χ1n) is 7.80. The summed E-state index contributed by atoms with van der Waals surface area (Å²) in [6.45, 7) is 2.00. The number of carboxylic acids is 1. The van der Waals surface area contributed by atoms with Crippen LogP contribution in [0.2, 0.25) is 0 Å². The summed E-state index contributed by atoms with van der Waals surface area (Å²) in [5.74, 6) is -2.98. The van der Waals surface area contributed by atoms with Crippen molar-refractivity contribution >= 4 is 17.8 Å². The highest BCUT2D eigenvalue weighted by molar-refractivity contribution is 6.04. The molecule has 1 aliphatic carbocycles. The van der Waals surface area contributed by atoms with Gasteiger partial charge in [-0.1, -0.05) is 29.8 Å². The van der Waals surface area contributed by atoms with E-state index in [4.69, 9.17) is 10.3 Å². The summed E-state index contributed by atoms with van der Waals surface area (Å²) in [5.41, 5.74) is 2.97. The second-order valence-corrected chi connectivity index (χ2v) is 6.40. The van der Waals surface area contributed by atoms with Gasteiger partial charge in [0.25, 0.3) is 5.91 Å². The van der Waals surface area contributed by atoms with Crippen LogP contribution in [0.25, 0.3) is 0 Å². The average Bonchev–Trinajstić information content (AvgIpc) is 3.34. The Hall–Kier alpha value is -2.41. The fourth-order valence-electron chi connectivity index (χ4n) is 2.87. The lowest BCUT2D eigenvalue weighted by molar-refractivity contribution is -0.158. The Morgan fingerprint density at radius 2 is 1.83 bits per heavy atom. The van der Waals surface area contributed by atoms with Gasteiger partial charge in [-0.2, -0.15) is 0 Å². The minimum absolute atomic E-state index is 0.370. The molecule has 0 radical (unpaired) electrons. The molecule has 1 aromatic rings. The molecule has 1 saturated carbocycles. The first-order chi connectivity index (χ1) is 11.3. The molecule has 2 amide bonds. The van der Waals surface area contributed by atoms with E-state index >= 15 is 0 Å². The number of hydrogen-bond acceptors (Lipinski definition) is 4. The van der Waals surface area contributed by atoms with Crippen molar-refractivity contribution in [2.24, 2.45) is 5.41 Å². The van der Waals surface area contributed by atoms with Crippen molar-refractivity contribution in [2.45, 2.75) is 38.6 Å². The van der Waals surface area contributed by atoms with Gasteiger partial charge in [-0.3, -0.25) is 14.8 Å². The van der Waals surface area contributed by atoms with Gasteiger partial charge < -0.3 is 10.0 Å². The number of nitrogens with one attached hydrogen (secondary N) is 1. The molecule has 0 unspecified atom stereocenters. The third-order valence-corrected chi connectivity index (χ3v) is 4.62. The molecular formula is C17H22N2O5. The van der Waals surface area contributed by atoms with Crippen LogP contribution in [0.1, 0.15) is 30.4 Å². The Morgan fingerprint density at radius 3 is 2.29 bits per heavy atom. The molecule has 1 fully saturated rings. The smallest absolute Gasteiger partial charge is 0.336 e. The normalized spacial score (nSPS) is 16.1. The highest BCUT2D eigenvalue weighted by Gasteiger charge is 2.52. The maximum Gasteiger partial charge on any atom is 0.336 e. The van der Waals surface area contributed by atoms with E-state index in [1.807, 2.05) is 31.2 Å². The molecular weight excluding hydrogens is 312 g/mol. The number of hydrogen-bond donors (Lipinski definition) is 3. The number of benzene rings is 1. The van der Waals surface area contributed by atoms with E-state index in [2.05, 4.69) is 0 Å². The number of aliphatic carboxylic acids is 1. The fraction of sp³-hybridized carbons (Fsp3) is 0.471. The summed E-state index contributed by atoms with van der Waals surface area (Å²) in [4.78, 5) is 36.3. The molecule has 1 atom stereocenters. The van der Waals surface area contributed by atoms with Gasteiger partial charge in [0.05, 0.1) is 0 Å². The molecule has 1 aromatic carbocycles. The van der Waals surface area contributed by atoms with E-state index in [1.165, 1.54) is 12.5 Å². The van der Waals surface area contributed by atoms with Crippen LogP contribution in [-0.4, -0.2) is 46.1 Å². The second-order valence-electron chi connectivity index (χ2n) is 6.40. The maximum absolute atomic E-state index is 12.7. The number of hydroxylamine groups is 1. The van der Waals surface area contributed by atoms with E-state index in [0.29, 0.717) is 25.7 Å². The number of amides is 2. The van der Waals surface area contributed by atoms with Gasteiger partial charge in [0.2, 0.25) is 11.9 Å². The minimum atomic E-state index is -1.74. The van der Waals surface area contributed by atoms with Crippen LogP contribution in [0, 0.1) is 12.3 Å². The summed E-state index contributed by atoms with van der Waals surface area (Å²) < 4.78 is 0. The molecule has 0 bridgehead atoms. The van der Waals surface area contributed by atoms with Gasteiger partial charge in [0.1, 0.15) is 0 Å². The molecule has 3 N–H and O–H groups in total. The maximum atomic E-state index is 12.7. The molecule has 0 aliphatic heterocycles. The Labute approximate surface area is 140 Å². The number of rotatable bonds is 7. The molecule has 7 heteroatoms. The van der Waals surface area contributed by atoms with Crippen LogP contribution in [0.15, 0.2) is 24.3 Å². The van der Waals surface area contributed by atoms with Crippen molar-refractivity contribution in [1.82, 2.24) is 10.4 Å². The van der Waals surface area contributed by atoms with Gasteiger partial charge in [-0.25, -0.2) is 10.3 Å². The molecule has 0 heterocycles. The van der Waals surface area contributed by atoms with Crippen molar-refractivity contribution in [1.29, 1.82) is 0 Å². The zero-order valence-corrected chi connectivity index (χ0v) is 13.8. The summed E-state index contributed by atoms with van der Waals surface area (Å²) in [7, 11) is 1.28. The van der Waals surface area contributed by atoms with Crippen molar-refractivity contribution in [3.05, 3.63) is 35.4 Å². The molecule has 0 aromatic heterocycles. The zero-order valence-electron chi connectivity index (χ0n) is 13.8. The van der Waals surface area contributed by atoms with E-state index < -0.39 is 23.3 Å². The highest BCUT2D eigenvalue weighted by atomic mass is 16.5. The van der Waals surface area contributed by atoms with E-state index in [1.54, 1.807) is 0 Å². The number of carbonyl (C=O) groups excluding carboxylic acids is 2. The largest absolute Gasteiger partial charge is 0.479 e. The van der Waals surface area contributed by atoms with Crippen LogP contribution in [0.3, 0.4) is 0 Å². The van der Waals surface area contributed by atoms with Crippen molar-refractivity contribution < 1.29 is 24.7 Å². The molecule has 2 rings (SSSR count). The summed E-state index contributed by atoms with van der Waals surface area (Å²) in [6.07, 6.45) is 2.67. The summed E-state index contributed by atoms with van der Waals surface area (Å²) in [5, 5.41) is 17.8. The lowest BCUT2D eigenvalue weighted by Gasteiger charge is -2.27. The summed E-state index contributed by atoms with van der Waals surface area (Å²) >= 11 is 0. The minimum Gasteiger partial charge on any atom is -0.479 e. The van der Waals surface area contributed by atoms with Gasteiger partial charge in [0.15, 0.2) is 0 Å². The third kappa shape index (κ3) is 3.73. The molecule has 1 aliphatic rings. The first-order valence-corrected chi connectivity index (χ1v) is 7.80. The molecule has 130 valence electrons. The topological polar surface area (TPSA) is 107 Å². The Morgan fingerprint density at radius 1 is 1.25 bits per heavy atom. The van der Waals surface area contributed by atoms with Gasteiger partial charge in [-0.15, -0.1) is 0 Å². The Kier molecular flexibility index (Phi) is 5.23. The standard InChI is InChI=1S/C17H22N2O5/c1-11-3-5-12(6-4-11)7-8-17(9-10-17)16(23)19(2)13(15(21)22)14(20)18-24/h3-6,13,24H,7-10H2,1-2H3,(H,18,20)(H,21,22)/t13-/m0/s1. The van der Waals surface area contributed by atoms with E-state index in [-0.39, 0.29) is 5.91 Å².